The van der Waals surface area contributed by atoms with Gasteiger partial charge in [-0.25, -0.2) is 9.97 Å². The van der Waals surface area contributed by atoms with Crippen molar-refractivity contribution in [3.63, 3.8) is 0 Å². The molecule has 5 nitrogen and oxygen atoms in total. The van der Waals surface area contributed by atoms with Gasteiger partial charge in [-0.15, -0.1) is 0 Å². The average molecular weight is 349 g/mol. The number of rotatable bonds is 8. The van der Waals surface area contributed by atoms with Gasteiger partial charge in [0.2, 0.25) is 0 Å². The summed E-state index contributed by atoms with van der Waals surface area (Å²) in [5.74, 6) is 3.09. The van der Waals surface area contributed by atoms with Gasteiger partial charge in [-0.05, 0) is 50.2 Å². The van der Waals surface area contributed by atoms with Crippen molar-refractivity contribution in [1.82, 2.24) is 9.97 Å². The maximum absolute atomic E-state index is 5.72. The molecule has 0 saturated heterocycles. The fourth-order valence-corrected chi connectivity index (χ4v) is 2.62. The van der Waals surface area contributed by atoms with Gasteiger partial charge in [0.15, 0.2) is 0 Å². The Bertz CT molecular complexity index is 891. The lowest BCUT2D eigenvalue weighted by molar-refractivity contribution is 0.201. The standard InChI is InChI=1S/C21H23N3O2/c1-4-25-15(2)13-14-26-18-11-9-17(10-12-18)24-21-19-7-5-6-8-20(19)22-16(3)23-21/h5-12H,2,4,13-14H2,1,3H3,(H,22,23,24). The molecular formula is C21H23N3O2. The van der Waals surface area contributed by atoms with Gasteiger partial charge in [0.1, 0.15) is 17.4 Å². The predicted octanol–water partition coefficient (Wildman–Crippen LogP) is 5.00. The third-order valence-corrected chi connectivity index (χ3v) is 3.83. The number of nitrogens with zero attached hydrogens (tertiary/aromatic N) is 2. The molecule has 0 fully saturated rings. The monoisotopic (exact) mass is 349 g/mol. The summed E-state index contributed by atoms with van der Waals surface area (Å²) in [6, 6.07) is 15.8. The normalized spacial score (nSPS) is 10.5. The summed E-state index contributed by atoms with van der Waals surface area (Å²) in [7, 11) is 0. The average Bonchev–Trinajstić information content (AvgIpc) is 2.63. The first-order chi connectivity index (χ1) is 12.7. The van der Waals surface area contributed by atoms with Gasteiger partial charge >= 0.3 is 0 Å². The molecule has 1 aromatic heterocycles. The number of ether oxygens (including phenoxy) is 2. The summed E-state index contributed by atoms with van der Waals surface area (Å²) in [5.41, 5.74) is 1.87. The summed E-state index contributed by atoms with van der Waals surface area (Å²) >= 11 is 0. The molecule has 0 saturated carbocycles. The van der Waals surface area contributed by atoms with E-state index in [2.05, 4.69) is 21.9 Å². The van der Waals surface area contributed by atoms with Crippen LogP contribution >= 0.6 is 0 Å². The van der Waals surface area contributed by atoms with Gasteiger partial charge in [0, 0.05) is 17.5 Å². The van der Waals surface area contributed by atoms with Crippen molar-refractivity contribution in [1.29, 1.82) is 0 Å². The number of nitrogens with one attached hydrogen (secondary N) is 1. The van der Waals surface area contributed by atoms with Crippen LogP contribution in [0.4, 0.5) is 11.5 Å². The number of benzene rings is 2. The van der Waals surface area contributed by atoms with Gasteiger partial charge in [0.25, 0.3) is 0 Å². The molecule has 0 aliphatic rings. The zero-order valence-electron chi connectivity index (χ0n) is 15.2. The highest BCUT2D eigenvalue weighted by Crippen LogP contribution is 2.25. The number of para-hydroxylation sites is 1. The smallest absolute Gasteiger partial charge is 0.142 e. The fraction of sp³-hybridized carbons (Fsp3) is 0.238. The number of hydrogen-bond donors (Lipinski definition) is 1. The summed E-state index contributed by atoms with van der Waals surface area (Å²) in [5, 5.41) is 4.36. The second kappa shape index (κ2) is 8.34. The van der Waals surface area contributed by atoms with E-state index in [4.69, 9.17) is 9.47 Å². The van der Waals surface area contributed by atoms with Gasteiger partial charge in [0.05, 0.1) is 24.5 Å². The number of anilines is 2. The van der Waals surface area contributed by atoms with Crippen LogP contribution in [-0.2, 0) is 4.74 Å². The van der Waals surface area contributed by atoms with Crippen LogP contribution in [0.2, 0.25) is 0 Å². The Morgan fingerprint density at radius 1 is 1.08 bits per heavy atom. The van der Waals surface area contributed by atoms with Crippen LogP contribution in [0.1, 0.15) is 19.2 Å². The van der Waals surface area contributed by atoms with E-state index in [1.165, 1.54) is 0 Å². The molecule has 3 aromatic rings. The molecule has 0 radical (unpaired) electrons. The SMILES string of the molecule is C=C(CCOc1ccc(Nc2nc(C)nc3ccccc23)cc1)OCC. The van der Waals surface area contributed by atoms with Gasteiger partial charge in [-0.3, -0.25) is 0 Å². The lowest BCUT2D eigenvalue weighted by Gasteiger charge is -2.11. The van der Waals surface area contributed by atoms with E-state index in [0.717, 1.165) is 39.7 Å². The second-order valence-electron chi connectivity index (χ2n) is 5.86. The molecule has 134 valence electrons. The summed E-state index contributed by atoms with van der Waals surface area (Å²) in [6.07, 6.45) is 0.681. The van der Waals surface area contributed by atoms with Crippen molar-refractivity contribution in [3.8, 4) is 5.75 Å². The number of aromatic nitrogens is 2. The topological polar surface area (TPSA) is 56.3 Å². The Labute approximate surface area is 153 Å². The highest BCUT2D eigenvalue weighted by molar-refractivity contribution is 5.90. The van der Waals surface area contributed by atoms with Crippen LogP contribution in [0.25, 0.3) is 10.9 Å². The molecule has 0 unspecified atom stereocenters. The lowest BCUT2D eigenvalue weighted by atomic mass is 10.2. The molecule has 0 bridgehead atoms. The summed E-state index contributed by atoms with van der Waals surface area (Å²) < 4.78 is 11.0. The Morgan fingerprint density at radius 3 is 2.62 bits per heavy atom. The third kappa shape index (κ3) is 4.51. The van der Waals surface area contributed by atoms with Crippen LogP contribution < -0.4 is 10.1 Å². The first kappa shape index (κ1) is 17.7. The van der Waals surface area contributed by atoms with Crippen LogP contribution in [0, 0.1) is 6.92 Å². The first-order valence-electron chi connectivity index (χ1n) is 8.69. The van der Waals surface area contributed by atoms with Crippen molar-refractivity contribution in [2.75, 3.05) is 18.5 Å². The highest BCUT2D eigenvalue weighted by Gasteiger charge is 2.06. The van der Waals surface area contributed by atoms with E-state index in [0.29, 0.717) is 19.6 Å². The minimum atomic E-state index is 0.543. The number of hydrogen-bond acceptors (Lipinski definition) is 5. The zero-order valence-corrected chi connectivity index (χ0v) is 15.2. The Balaban J connectivity index is 1.66. The molecular weight excluding hydrogens is 326 g/mol. The molecule has 1 N–H and O–H groups in total. The van der Waals surface area contributed by atoms with Gasteiger partial charge < -0.3 is 14.8 Å². The van der Waals surface area contributed by atoms with Gasteiger partial charge in [-0.2, -0.15) is 0 Å². The zero-order chi connectivity index (χ0) is 18.4. The predicted molar refractivity (Wildman–Crippen MR) is 105 cm³/mol. The van der Waals surface area contributed by atoms with Crippen molar-refractivity contribution in [2.24, 2.45) is 0 Å². The van der Waals surface area contributed by atoms with E-state index < -0.39 is 0 Å². The van der Waals surface area contributed by atoms with E-state index in [9.17, 15) is 0 Å². The van der Waals surface area contributed by atoms with Crippen LogP contribution in [-0.4, -0.2) is 23.2 Å². The van der Waals surface area contributed by atoms with Crippen molar-refractivity contribution in [2.45, 2.75) is 20.3 Å². The number of fused-ring (bicyclic) bond motifs is 1. The fourth-order valence-electron chi connectivity index (χ4n) is 2.62. The van der Waals surface area contributed by atoms with E-state index in [1.807, 2.05) is 62.4 Å². The first-order valence-corrected chi connectivity index (χ1v) is 8.69. The van der Waals surface area contributed by atoms with Crippen LogP contribution in [0.3, 0.4) is 0 Å². The third-order valence-electron chi connectivity index (χ3n) is 3.83. The van der Waals surface area contributed by atoms with E-state index in [-0.39, 0.29) is 0 Å². The molecule has 2 aromatic carbocycles. The molecule has 0 aliphatic carbocycles. The minimum absolute atomic E-state index is 0.543. The van der Waals surface area contributed by atoms with E-state index >= 15 is 0 Å². The molecule has 0 amide bonds. The molecule has 26 heavy (non-hydrogen) atoms. The summed E-state index contributed by atoms with van der Waals surface area (Å²) in [6.45, 7) is 8.86. The Kier molecular flexibility index (Phi) is 5.69. The molecule has 0 atom stereocenters. The molecule has 0 aliphatic heterocycles. The van der Waals surface area contributed by atoms with Crippen LogP contribution in [0.5, 0.6) is 5.75 Å². The Morgan fingerprint density at radius 2 is 1.85 bits per heavy atom. The van der Waals surface area contributed by atoms with Crippen molar-refractivity contribution >= 4 is 22.4 Å². The largest absolute Gasteiger partial charge is 0.499 e. The maximum Gasteiger partial charge on any atom is 0.142 e. The summed E-state index contributed by atoms with van der Waals surface area (Å²) in [4.78, 5) is 8.99. The minimum Gasteiger partial charge on any atom is -0.499 e. The highest BCUT2D eigenvalue weighted by atomic mass is 16.5. The Hall–Kier alpha value is -3.08. The van der Waals surface area contributed by atoms with Crippen molar-refractivity contribution < 1.29 is 9.47 Å². The molecule has 0 spiro atoms. The van der Waals surface area contributed by atoms with E-state index in [1.54, 1.807) is 0 Å². The second-order valence-corrected chi connectivity index (χ2v) is 5.86. The van der Waals surface area contributed by atoms with Crippen LogP contribution in [0.15, 0.2) is 60.9 Å². The van der Waals surface area contributed by atoms with Gasteiger partial charge in [-0.1, -0.05) is 18.7 Å². The lowest BCUT2D eigenvalue weighted by Crippen LogP contribution is -2.01. The maximum atomic E-state index is 5.72. The number of aryl methyl sites for hydroxylation is 1. The van der Waals surface area contributed by atoms with Crippen molar-refractivity contribution in [3.05, 3.63) is 66.7 Å². The molecule has 1 heterocycles. The molecule has 5 heteroatoms. The molecule has 3 rings (SSSR count). The quantitative estimate of drug-likeness (QED) is 0.580.